The van der Waals surface area contributed by atoms with Crippen molar-refractivity contribution in [2.75, 3.05) is 18.4 Å². The van der Waals surface area contributed by atoms with Gasteiger partial charge in [-0.25, -0.2) is 9.59 Å². The van der Waals surface area contributed by atoms with E-state index in [1.807, 2.05) is 0 Å². The molecule has 0 aliphatic carbocycles. The van der Waals surface area contributed by atoms with Gasteiger partial charge in [0.25, 0.3) is 0 Å². The molecule has 1 rings (SSSR count). The molecule has 4 N–H and O–H groups in total. The Morgan fingerprint density at radius 1 is 0.781 bits per heavy atom. The summed E-state index contributed by atoms with van der Waals surface area (Å²) >= 11 is 0. The van der Waals surface area contributed by atoms with Gasteiger partial charge in [0.1, 0.15) is 17.7 Å². The van der Waals surface area contributed by atoms with E-state index in [1.165, 1.54) is 0 Å². The highest BCUT2D eigenvalue weighted by Gasteiger charge is 2.17. The molecule has 0 saturated carbocycles. The first kappa shape index (κ1) is 26.7. The highest BCUT2D eigenvalue weighted by molar-refractivity contribution is 5.94. The average molecular weight is 451 g/mol. The van der Waals surface area contributed by atoms with Crippen LogP contribution in [0, 0.1) is 0 Å². The van der Waals surface area contributed by atoms with E-state index in [0.29, 0.717) is 11.3 Å². The van der Waals surface area contributed by atoms with Gasteiger partial charge in [-0.3, -0.25) is 9.59 Å². The van der Waals surface area contributed by atoms with Gasteiger partial charge in [-0.2, -0.15) is 0 Å². The number of hydrogen-bond acceptors (Lipinski definition) is 6. The molecule has 0 saturated heterocycles. The highest BCUT2D eigenvalue weighted by Crippen LogP contribution is 2.15. The zero-order valence-electron chi connectivity index (χ0n) is 19.6. The van der Waals surface area contributed by atoms with Crippen LogP contribution in [0.25, 0.3) is 0 Å². The summed E-state index contributed by atoms with van der Waals surface area (Å²) in [5.41, 5.74) is -0.0706. The molecular weight excluding hydrogens is 416 g/mol. The van der Waals surface area contributed by atoms with E-state index in [0.717, 1.165) is 0 Å². The molecule has 0 heterocycles. The third kappa shape index (κ3) is 12.4. The molecule has 32 heavy (non-hydrogen) atoms. The summed E-state index contributed by atoms with van der Waals surface area (Å²) in [6, 6.07) is 6.97. The third-order valence-corrected chi connectivity index (χ3v) is 3.58. The number of amides is 4. The predicted octanol–water partition coefficient (Wildman–Crippen LogP) is 2.68. The van der Waals surface area contributed by atoms with Crippen molar-refractivity contribution in [3.8, 4) is 0 Å². The Balaban J connectivity index is 2.45. The van der Waals surface area contributed by atoms with Crippen molar-refractivity contribution in [3.05, 3.63) is 29.8 Å². The van der Waals surface area contributed by atoms with E-state index in [2.05, 4.69) is 21.3 Å². The smallest absolute Gasteiger partial charge is 0.408 e. The van der Waals surface area contributed by atoms with Crippen molar-refractivity contribution in [2.45, 2.75) is 65.7 Å². The number of carbonyl (C=O) groups is 4. The fourth-order valence-electron chi connectivity index (χ4n) is 2.33. The number of rotatable bonds is 8. The predicted molar refractivity (Wildman–Crippen MR) is 120 cm³/mol. The Morgan fingerprint density at radius 3 is 1.94 bits per heavy atom. The van der Waals surface area contributed by atoms with Crippen molar-refractivity contribution in [1.29, 1.82) is 0 Å². The molecule has 0 unspecified atom stereocenters. The molecule has 0 aromatic heterocycles. The number of alkyl carbamates (subject to hydrolysis) is 2. The lowest BCUT2D eigenvalue weighted by molar-refractivity contribution is -0.121. The maximum Gasteiger partial charge on any atom is 0.408 e. The lowest BCUT2D eigenvalue weighted by Gasteiger charge is -2.19. The summed E-state index contributed by atoms with van der Waals surface area (Å²) in [5.74, 6) is -0.704. The number of ether oxygens (including phenoxy) is 2. The number of anilines is 1. The summed E-state index contributed by atoms with van der Waals surface area (Å²) in [5, 5.41) is 10.3. The monoisotopic (exact) mass is 450 g/mol. The van der Waals surface area contributed by atoms with E-state index < -0.39 is 29.3 Å². The van der Waals surface area contributed by atoms with Crippen LogP contribution in [0.3, 0.4) is 0 Å². The minimum Gasteiger partial charge on any atom is -0.444 e. The Labute approximate surface area is 188 Å². The van der Waals surface area contributed by atoms with Gasteiger partial charge in [0.15, 0.2) is 0 Å². The van der Waals surface area contributed by atoms with E-state index in [9.17, 15) is 19.2 Å². The molecule has 10 heteroatoms. The number of hydrogen-bond donors (Lipinski definition) is 4. The first-order valence-corrected chi connectivity index (χ1v) is 10.3. The maximum absolute atomic E-state index is 12.2. The van der Waals surface area contributed by atoms with Crippen molar-refractivity contribution >= 4 is 29.7 Å². The molecule has 1 aromatic carbocycles. The van der Waals surface area contributed by atoms with Crippen LogP contribution in [0.15, 0.2) is 24.3 Å². The molecule has 10 nitrogen and oxygen atoms in total. The fraction of sp³-hybridized carbons (Fsp3) is 0.545. The standard InChI is InChI=1S/C22H34N4O6/c1-21(2,3)31-19(29)23-12-11-17(27)24-13-15-9-7-8-10-16(15)26-18(28)14-25-20(30)32-22(4,5)6/h7-10H,11-14H2,1-6H3,(H,23,29)(H,24,27)(H,25,30)(H,26,28). The Hall–Kier alpha value is -3.30. The van der Waals surface area contributed by atoms with Crippen molar-refractivity contribution in [2.24, 2.45) is 0 Å². The van der Waals surface area contributed by atoms with Crippen molar-refractivity contribution in [3.63, 3.8) is 0 Å². The van der Waals surface area contributed by atoms with Gasteiger partial charge in [-0.1, -0.05) is 18.2 Å². The van der Waals surface area contributed by atoms with Gasteiger partial charge in [-0.15, -0.1) is 0 Å². The molecule has 0 aliphatic rings. The van der Waals surface area contributed by atoms with E-state index >= 15 is 0 Å². The molecule has 0 spiro atoms. The van der Waals surface area contributed by atoms with Crippen LogP contribution >= 0.6 is 0 Å². The first-order chi connectivity index (χ1) is 14.7. The number of carbonyl (C=O) groups excluding carboxylic acids is 4. The van der Waals surface area contributed by atoms with Gasteiger partial charge in [0.2, 0.25) is 11.8 Å². The largest absolute Gasteiger partial charge is 0.444 e. The quantitative estimate of drug-likeness (QED) is 0.481. The number of para-hydroxylation sites is 1. The van der Waals surface area contributed by atoms with Crippen molar-refractivity contribution < 1.29 is 28.7 Å². The Kier molecular flexibility index (Phi) is 9.96. The number of benzene rings is 1. The van der Waals surface area contributed by atoms with E-state index in [4.69, 9.17) is 9.47 Å². The molecule has 4 amide bonds. The molecule has 0 aliphatic heterocycles. The molecule has 178 valence electrons. The topological polar surface area (TPSA) is 135 Å². The van der Waals surface area contributed by atoms with Gasteiger partial charge in [0, 0.05) is 25.2 Å². The summed E-state index contributed by atoms with van der Waals surface area (Å²) in [6.07, 6.45) is -1.19. The maximum atomic E-state index is 12.2. The van der Waals surface area contributed by atoms with Crippen LogP contribution in [0.4, 0.5) is 15.3 Å². The summed E-state index contributed by atoms with van der Waals surface area (Å²) < 4.78 is 10.2. The number of nitrogens with one attached hydrogen (secondary N) is 4. The van der Waals surface area contributed by atoms with Gasteiger partial charge in [0.05, 0.1) is 0 Å². The SMILES string of the molecule is CC(C)(C)OC(=O)NCCC(=O)NCc1ccccc1NC(=O)CNC(=O)OC(C)(C)C. The van der Waals surface area contributed by atoms with Gasteiger partial charge in [-0.05, 0) is 53.2 Å². The summed E-state index contributed by atoms with van der Waals surface area (Å²) in [7, 11) is 0. The molecule has 0 fully saturated rings. The summed E-state index contributed by atoms with van der Waals surface area (Å²) in [6.45, 7) is 10.5. The molecular formula is C22H34N4O6. The minimum absolute atomic E-state index is 0.0770. The van der Waals surface area contributed by atoms with Gasteiger partial charge < -0.3 is 30.7 Å². The van der Waals surface area contributed by atoms with Crippen LogP contribution in [0.1, 0.15) is 53.5 Å². The Morgan fingerprint density at radius 2 is 1.34 bits per heavy atom. The molecule has 0 atom stereocenters. The second-order valence-corrected chi connectivity index (χ2v) is 9.02. The zero-order valence-corrected chi connectivity index (χ0v) is 19.6. The Bertz CT molecular complexity index is 811. The lowest BCUT2D eigenvalue weighted by Crippen LogP contribution is -2.37. The third-order valence-electron chi connectivity index (χ3n) is 3.58. The molecule has 0 bridgehead atoms. The molecule has 1 aromatic rings. The van der Waals surface area contributed by atoms with E-state index in [-0.39, 0.29) is 32.0 Å². The van der Waals surface area contributed by atoms with Crippen LogP contribution in [0.2, 0.25) is 0 Å². The van der Waals surface area contributed by atoms with Crippen LogP contribution in [0.5, 0.6) is 0 Å². The van der Waals surface area contributed by atoms with E-state index in [1.54, 1.807) is 65.8 Å². The summed E-state index contributed by atoms with van der Waals surface area (Å²) in [4.78, 5) is 47.5. The molecule has 0 radical (unpaired) electrons. The van der Waals surface area contributed by atoms with Crippen LogP contribution in [-0.2, 0) is 25.6 Å². The normalized spacial score (nSPS) is 11.2. The average Bonchev–Trinajstić information content (AvgIpc) is 2.63. The second kappa shape index (κ2) is 11.9. The minimum atomic E-state index is -0.687. The first-order valence-electron chi connectivity index (χ1n) is 10.3. The highest BCUT2D eigenvalue weighted by atomic mass is 16.6. The van der Waals surface area contributed by atoms with Crippen LogP contribution < -0.4 is 21.3 Å². The zero-order chi connectivity index (χ0) is 24.4. The lowest BCUT2D eigenvalue weighted by atomic mass is 10.1. The van der Waals surface area contributed by atoms with Crippen LogP contribution in [-0.4, -0.2) is 48.3 Å². The fourth-order valence-corrected chi connectivity index (χ4v) is 2.33. The van der Waals surface area contributed by atoms with Crippen molar-refractivity contribution in [1.82, 2.24) is 16.0 Å². The van der Waals surface area contributed by atoms with Gasteiger partial charge >= 0.3 is 12.2 Å². The second-order valence-electron chi connectivity index (χ2n) is 9.02.